The Morgan fingerprint density at radius 1 is 1.05 bits per heavy atom. The van der Waals surface area contributed by atoms with Crippen molar-refractivity contribution in [1.29, 1.82) is 0 Å². The van der Waals surface area contributed by atoms with E-state index in [1.807, 2.05) is 41.6 Å². The zero-order chi connectivity index (χ0) is 14.2. The molecule has 0 radical (unpaired) electrons. The van der Waals surface area contributed by atoms with E-state index in [2.05, 4.69) is 20.6 Å². The minimum absolute atomic E-state index is 0.00345. The molecule has 1 aliphatic rings. The first-order chi connectivity index (χ1) is 10.3. The number of aromatic nitrogens is 3. The molecular formula is C16H14N4O. The first-order valence-corrected chi connectivity index (χ1v) is 6.95. The molecule has 1 saturated heterocycles. The summed E-state index contributed by atoms with van der Waals surface area (Å²) in [6.07, 6.45) is 3.51. The summed E-state index contributed by atoms with van der Waals surface area (Å²) in [5, 5.41) is 0. The molecule has 5 nitrogen and oxygen atoms in total. The van der Waals surface area contributed by atoms with Crippen LogP contribution in [0.4, 0.5) is 0 Å². The van der Waals surface area contributed by atoms with E-state index < -0.39 is 0 Å². The van der Waals surface area contributed by atoms with Crippen LogP contribution in [0.2, 0.25) is 0 Å². The highest BCUT2D eigenvalue weighted by Crippen LogP contribution is 2.26. The summed E-state index contributed by atoms with van der Waals surface area (Å²) in [4.78, 5) is 22.6. The highest BCUT2D eigenvalue weighted by atomic mass is 16.2. The summed E-state index contributed by atoms with van der Waals surface area (Å²) >= 11 is 0. The maximum Gasteiger partial charge on any atom is 0.272 e. The number of carbonyl (C=O) groups excluding carboxylic acids is 1. The first-order valence-electron chi connectivity index (χ1n) is 6.95. The van der Waals surface area contributed by atoms with E-state index >= 15 is 0 Å². The Bertz CT molecular complexity index is 790. The van der Waals surface area contributed by atoms with Gasteiger partial charge in [-0.3, -0.25) is 9.78 Å². The van der Waals surface area contributed by atoms with Gasteiger partial charge in [0.2, 0.25) is 0 Å². The average molecular weight is 278 g/mol. The van der Waals surface area contributed by atoms with Crippen LogP contribution in [-0.4, -0.2) is 38.4 Å². The molecule has 2 aromatic heterocycles. The molecule has 1 fully saturated rings. The van der Waals surface area contributed by atoms with Crippen molar-refractivity contribution >= 4 is 16.9 Å². The number of likely N-dealkylation sites (tertiary alicyclic amines) is 1. The standard InChI is InChI=1S/C16H14N4O/c21-16(14-6-3-4-8-17-14)19-9-12(10-19)20-11-18-13-5-1-2-7-15(13)20/h1-8,11-12H,9-10H2. The van der Waals surface area contributed by atoms with Crippen LogP contribution in [-0.2, 0) is 0 Å². The minimum Gasteiger partial charge on any atom is -0.333 e. The van der Waals surface area contributed by atoms with Gasteiger partial charge in [-0.05, 0) is 24.3 Å². The fourth-order valence-electron chi connectivity index (χ4n) is 2.72. The molecule has 0 aliphatic carbocycles. The first kappa shape index (κ1) is 12.1. The van der Waals surface area contributed by atoms with E-state index in [1.165, 1.54) is 0 Å². The van der Waals surface area contributed by atoms with Crippen molar-refractivity contribution in [3.63, 3.8) is 0 Å². The Labute approximate surface area is 121 Å². The van der Waals surface area contributed by atoms with Crippen LogP contribution in [0.25, 0.3) is 11.0 Å². The van der Waals surface area contributed by atoms with Gasteiger partial charge in [0.05, 0.1) is 23.4 Å². The SMILES string of the molecule is O=C(c1ccccn1)N1CC(n2cnc3ccccc32)C1. The fourth-order valence-corrected chi connectivity index (χ4v) is 2.72. The van der Waals surface area contributed by atoms with Crippen LogP contribution in [0.1, 0.15) is 16.5 Å². The number of para-hydroxylation sites is 2. The number of hydrogen-bond donors (Lipinski definition) is 0. The van der Waals surface area contributed by atoms with Crippen LogP contribution in [0.5, 0.6) is 0 Å². The lowest BCUT2D eigenvalue weighted by Gasteiger charge is -2.39. The molecule has 0 saturated carbocycles. The van der Waals surface area contributed by atoms with Gasteiger partial charge in [-0.15, -0.1) is 0 Å². The molecule has 0 N–H and O–H groups in total. The van der Waals surface area contributed by atoms with E-state index in [-0.39, 0.29) is 5.91 Å². The molecule has 5 heteroatoms. The third-order valence-electron chi connectivity index (χ3n) is 3.91. The number of nitrogens with zero attached hydrogens (tertiary/aromatic N) is 4. The molecule has 0 atom stereocenters. The molecule has 104 valence electrons. The van der Waals surface area contributed by atoms with Crippen molar-refractivity contribution in [1.82, 2.24) is 19.4 Å². The van der Waals surface area contributed by atoms with Crippen LogP contribution < -0.4 is 0 Å². The van der Waals surface area contributed by atoms with Crippen molar-refractivity contribution in [2.24, 2.45) is 0 Å². The molecule has 0 spiro atoms. The Kier molecular flexibility index (Phi) is 2.70. The van der Waals surface area contributed by atoms with Gasteiger partial charge in [0.15, 0.2) is 0 Å². The normalized spacial score (nSPS) is 15.1. The average Bonchev–Trinajstić information content (AvgIpc) is 2.91. The second-order valence-corrected chi connectivity index (χ2v) is 5.22. The minimum atomic E-state index is -0.00345. The zero-order valence-electron chi connectivity index (χ0n) is 11.4. The maximum absolute atomic E-state index is 12.2. The van der Waals surface area contributed by atoms with Crippen LogP contribution in [0.3, 0.4) is 0 Å². The fraction of sp³-hybridized carbons (Fsp3) is 0.188. The molecule has 1 aliphatic heterocycles. The molecule has 3 heterocycles. The lowest BCUT2D eigenvalue weighted by molar-refractivity contribution is 0.0520. The predicted octanol–water partition coefficient (Wildman–Crippen LogP) is 2.13. The van der Waals surface area contributed by atoms with Crippen molar-refractivity contribution in [2.75, 3.05) is 13.1 Å². The zero-order valence-corrected chi connectivity index (χ0v) is 11.4. The lowest BCUT2D eigenvalue weighted by Crippen LogP contribution is -2.50. The highest BCUT2D eigenvalue weighted by molar-refractivity contribution is 5.92. The molecular weight excluding hydrogens is 264 g/mol. The second-order valence-electron chi connectivity index (χ2n) is 5.22. The van der Waals surface area contributed by atoms with Gasteiger partial charge in [0.25, 0.3) is 5.91 Å². The van der Waals surface area contributed by atoms with Gasteiger partial charge < -0.3 is 9.47 Å². The van der Waals surface area contributed by atoms with Gasteiger partial charge in [0, 0.05) is 19.3 Å². The number of imidazole rings is 1. The Balaban J connectivity index is 1.51. The molecule has 0 bridgehead atoms. The van der Waals surface area contributed by atoms with E-state index in [4.69, 9.17) is 0 Å². The molecule has 3 aromatic rings. The summed E-state index contributed by atoms with van der Waals surface area (Å²) in [6.45, 7) is 1.41. The van der Waals surface area contributed by atoms with E-state index in [0.29, 0.717) is 24.8 Å². The Morgan fingerprint density at radius 2 is 1.86 bits per heavy atom. The third-order valence-corrected chi connectivity index (χ3v) is 3.91. The predicted molar refractivity (Wildman–Crippen MR) is 78.9 cm³/mol. The van der Waals surface area contributed by atoms with Gasteiger partial charge in [0.1, 0.15) is 5.69 Å². The second kappa shape index (κ2) is 4.70. The van der Waals surface area contributed by atoms with Gasteiger partial charge >= 0.3 is 0 Å². The summed E-state index contributed by atoms with van der Waals surface area (Å²) < 4.78 is 2.15. The van der Waals surface area contributed by atoms with Crippen molar-refractivity contribution in [2.45, 2.75) is 6.04 Å². The van der Waals surface area contributed by atoms with E-state index in [1.54, 1.807) is 12.3 Å². The smallest absolute Gasteiger partial charge is 0.272 e. The number of rotatable bonds is 2. The number of carbonyl (C=O) groups is 1. The largest absolute Gasteiger partial charge is 0.333 e. The van der Waals surface area contributed by atoms with Crippen LogP contribution in [0.15, 0.2) is 55.0 Å². The van der Waals surface area contributed by atoms with Crippen LogP contribution >= 0.6 is 0 Å². The van der Waals surface area contributed by atoms with Gasteiger partial charge in [-0.2, -0.15) is 0 Å². The number of amides is 1. The summed E-state index contributed by atoms with van der Waals surface area (Å²) in [5.41, 5.74) is 2.62. The summed E-state index contributed by atoms with van der Waals surface area (Å²) in [6, 6.07) is 13.8. The third kappa shape index (κ3) is 1.98. The maximum atomic E-state index is 12.2. The number of fused-ring (bicyclic) bond motifs is 1. The van der Waals surface area contributed by atoms with Crippen LogP contribution in [0, 0.1) is 0 Å². The molecule has 4 rings (SSSR count). The number of benzene rings is 1. The topological polar surface area (TPSA) is 51.0 Å². The summed E-state index contributed by atoms with van der Waals surface area (Å²) in [5.74, 6) is -0.00345. The van der Waals surface area contributed by atoms with Gasteiger partial charge in [-0.25, -0.2) is 4.98 Å². The Morgan fingerprint density at radius 3 is 2.67 bits per heavy atom. The molecule has 1 aromatic carbocycles. The van der Waals surface area contributed by atoms with Crippen molar-refractivity contribution in [3.8, 4) is 0 Å². The number of pyridine rings is 1. The molecule has 21 heavy (non-hydrogen) atoms. The quantitative estimate of drug-likeness (QED) is 0.721. The molecule has 0 unspecified atom stereocenters. The van der Waals surface area contributed by atoms with E-state index in [0.717, 1.165) is 11.0 Å². The van der Waals surface area contributed by atoms with Gasteiger partial charge in [-0.1, -0.05) is 18.2 Å². The van der Waals surface area contributed by atoms with Crippen molar-refractivity contribution < 1.29 is 4.79 Å². The summed E-state index contributed by atoms with van der Waals surface area (Å²) in [7, 11) is 0. The van der Waals surface area contributed by atoms with Crippen molar-refractivity contribution in [3.05, 3.63) is 60.7 Å². The molecule has 1 amide bonds. The number of hydrogen-bond acceptors (Lipinski definition) is 3. The monoisotopic (exact) mass is 278 g/mol. The lowest BCUT2D eigenvalue weighted by atomic mass is 10.1. The highest BCUT2D eigenvalue weighted by Gasteiger charge is 2.33. The van der Waals surface area contributed by atoms with E-state index in [9.17, 15) is 4.79 Å². The Hall–Kier alpha value is -2.69.